The number of hydrogen-bond acceptors (Lipinski definition) is 3. The third-order valence-electron chi connectivity index (χ3n) is 1.50. The van der Waals surface area contributed by atoms with Crippen LogP contribution in [-0.4, -0.2) is 36.9 Å². The van der Waals surface area contributed by atoms with Crippen LogP contribution in [0.25, 0.3) is 0 Å². The van der Waals surface area contributed by atoms with Crippen LogP contribution in [0.4, 0.5) is 0 Å². The average Bonchev–Trinajstić information content (AvgIpc) is 2.09. The maximum Gasteiger partial charge on any atom is 0.246 e. The minimum Gasteiger partial charge on any atom is -0.391 e. The van der Waals surface area contributed by atoms with Gasteiger partial charge in [-0.1, -0.05) is 6.58 Å². The van der Waals surface area contributed by atoms with E-state index in [4.69, 9.17) is 9.84 Å². The summed E-state index contributed by atoms with van der Waals surface area (Å²) in [4.78, 5) is 11.0. The van der Waals surface area contributed by atoms with Crippen LogP contribution in [0, 0.1) is 0 Å². The first kappa shape index (κ1) is 13.1. The van der Waals surface area contributed by atoms with Gasteiger partial charge in [-0.15, -0.1) is 0 Å². The van der Waals surface area contributed by atoms with E-state index >= 15 is 0 Å². The highest BCUT2D eigenvalue weighted by atomic mass is 16.5. The number of amides is 1. The molecule has 0 spiro atoms. The molecule has 0 saturated heterocycles. The second-order valence-electron chi connectivity index (χ2n) is 3.31. The van der Waals surface area contributed by atoms with E-state index in [0.29, 0.717) is 25.3 Å². The van der Waals surface area contributed by atoms with E-state index in [2.05, 4.69) is 11.9 Å². The molecule has 1 unspecified atom stereocenters. The zero-order valence-corrected chi connectivity index (χ0v) is 8.88. The molecule has 82 valence electrons. The molecule has 0 aromatic rings. The first-order chi connectivity index (χ1) is 6.54. The van der Waals surface area contributed by atoms with Gasteiger partial charge in [0.1, 0.15) is 0 Å². The van der Waals surface area contributed by atoms with Crippen molar-refractivity contribution in [1.29, 1.82) is 0 Å². The van der Waals surface area contributed by atoms with Gasteiger partial charge in [-0.05, 0) is 20.3 Å². The molecule has 0 heterocycles. The molecular weight excluding hydrogens is 182 g/mol. The molecule has 1 amide bonds. The molecule has 0 fully saturated rings. The molecule has 0 aromatic heterocycles. The summed E-state index contributed by atoms with van der Waals surface area (Å²) in [6, 6.07) is 0. The van der Waals surface area contributed by atoms with Crippen molar-refractivity contribution in [3.05, 3.63) is 12.2 Å². The Bertz CT molecular complexity index is 190. The van der Waals surface area contributed by atoms with Crippen LogP contribution in [0.15, 0.2) is 12.2 Å². The van der Waals surface area contributed by atoms with E-state index in [1.165, 1.54) is 0 Å². The molecule has 0 aliphatic carbocycles. The lowest BCUT2D eigenvalue weighted by Gasteiger charge is -2.07. The first-order valence-electron chi connectivity index (χ1n) is 4.73. The van der Waals surface area contributed by atoms with Gasteiger partial charge in [-0.2, -0.15) is 0 Å². The summed E-state index contributed by atoms with van der Waals surface area (Å²) in [6.45, 7) is 8.31. The molecule has 0 bridgehead atoms. The summed E-state index contributed by atoms with van der Waals surface area (Å²) in [7, 11) is 0. The van der Waals surface area contributed by atoms with Gasteiger partial charge >= 0.3 is 0 Å². The van der Waals surface area contributed by atoms with Crippen molar-refractivity contribution in [3.8, 4) is 0 Å². The van der Waals surface area contributed by atoms with Crippen molar-refractivity contribution in [3.63, 3.8) is 0 Å². The quantitative estimate of drug-likeness (QED) is 0.465. The Morgan fingerprint density at radius 3 is 2.79 bits per heavy atom. The van der Waals surface area contributed by atoms with E-state index in [1.54, 1.807) is 13.8 Å². The second-order valence-corrected chi connectivity index (χ2v) is 3.31. The summed E-state index contributed by atoms with van der Waals surface area (Å²) in [5, 5.41) is 11.6. The second kappa shape index (κ2) is 7.53. The summed E-state index contributed by atoms with van der Waals surface area (Å²) < 4.78 is 5.11. The Labute approximate surface area is 85.0 Å². The van der Waals surface area contributed by atoms with Gasteiger partial charge in [0, 0.05) is 18.7 Å². The number of aliphatic hydroxyl groups is 1. The molecule has 0 saturated carbocycles. The Kier molecular flexibility index (Phi) is 7.06. The standard InChI is InChI=1S/C10H19NO3/c1-8(2)10(13)11-5-4-6-14-7-9(3)12/h9,12H,1,4-7H2,2-3H3,(H,11,13). The fourth-order valence-electron chi connectivity index (χ4n) is 0.781. The smallest absolute Gasteiger partial charge is 0.246 e. The molecule has 1 atom stereocenters. The van der Waals surface area contributed by atoms with Gasteiger partial charge in [-0.3, -0.25) is 4.79 Å². The minimum absolute atomic E-state index is 0.125. The maximum absolute atomic E-state index is 11.0. The molecular formula is C10H19NO3. The Morgan fingerprint density at radius 2 is 2.29 bits per heavy atom. The Balaban J connectivity index is 3.22. The summed E-state index contributed by atoms with van der Waals surface area (Å²) in [5.74, 6) is -0.125. The Morgan fingerprint density at radius 1 is 1.64 bits per heavy atom. The fraction of sp³-hybridized carbons (Fsp3) is 0.700. The zero-order chi connectivity index (χ0) is 11.0. The lowest BCUT2D eigenvalue weighted by molar-refractivity contribution is -0.117. The maximum atomic E-state index is 11.0. The van der Waals surface area contributed by atoms with Gasteiger partial charge in [0.2, 0.25) is 5.91 Å². The van der Waals surface area contributed by atoms with Gasteiger partial charge in [0.25, 0.3) is 0 Å². The topological polar surface area (TPSA) is 58.6 Å². The van der Waals surface area contributed by atoms with Gasteiger partial charge in [0.05, 0.1) is 12.7 Å². The van der Waals surface area contributed by atoms with E-state index in [9.17, 15) is 4.79 Å². The summed E-state index contributed by atoms with van der Waals surface area (Å²) >= 11 is 0. The zero-order valence-electron chi connectivity index (χ0n) is 8.88. The number of carbonyl (C=O) groups is 1. The highest BCUT2D eigenvalue weighted by molar-refractivity contribution is 5.91. The van der Waals surface area contributed by atoms with Crippen molar-refractivity contribution in [2.24, 2.45) is 0 Å². The largest absolute Gasteiger partial charge is 0.391 e. The van der Waals surface area contributed by atoms with Gasteiger partial charge < -0.3 is 15.2 Å². The van der Waals surface area contributed by atoms with E-state index < -0.39 is 6.10 Å². The number of ether oxygens (including phenoxy) is 1. The number of aliphatic hydroxyl groups excluding tert-OH is 1. The predicted molar refractivity (Wildman–Crippen MR) is 54.9 cm³/mol. The van der Waals surface area contributed by atoms with Crippen LogP contribution >= 0.6 is 0 Å². The third kappa shape index (κ3) is 7.76. The van der Waals surface area contributed by atoms with Crippen LogP contribution in [0.2, 0.25) is 0 Å². The van der Waals surface area contributed by atoms with Crippen molar-refractivity contribution in [2.45, 2.75) is 26.4 Å². The number of nitrogens with one attached hydrogen (secondary N) is 1. The van der Waals surface area contributed by atoms with E-state index in [0.717, 1.165) is 6.42 Å². The minimum atomic E-state index is -0.431. The van der Waals surface area contributed by atoms with E-state index in [1.807, 2.05) is 0 Å². The average molecular weight is 201 g/mol. The molecule has 0 rings (SSSR count). The lowest BCUT2D eigenvalue weighted by Crippen LogP contribution is -2.25. The van der Waals surface area contributed by atoms with Crippen LogP contribution in [0.3, 0.4) is 0 Å². The number of rotatable bonds is 7. The van der Waals surface area contributed by atoms with Crippen LogP contribution in [0.5, 0.6) is 0 Å². The van der Waals surface area contributed by atoms with Crippen molar-refractivity contribution in [2.75, 3.05) is 19.8 Å². The summed E-state index contributed by atoms with van der Waals surface area (Å²) in [6.07, 6.45) is 0.311. The lowest BCUT2D eigenvalue weighted by atomic mass is 10.3. The highest BCUT2D eigenvalue weighted by Crippen LogP contribution is 1.88. The molecule has 4 heteroatoms. The van der Waals surface area contributed by atoms with Crippen molar-refractivity contribution < 1.29 is 14.6 Å². The predicted octanol–water partition coefficient (Wildman–Crippen LogP) is 0.466. The van der Waals surface area contributed by atoms with Crippen molar-refractivity contribution >= 4 is 5.91 Å². The molecule has 0 aliphatic heterocycles. The number of carbonyl (C=O) groups excluding carboxylic acids is 1. The van der Waals surface area contributed by atoms with Crippen LogP contribution in [0.1, 0.15) is 20.3 Å². The normalized spacial score (nSPS) is 12.2. The molecule has 0 radical (unpaired) electrons. The number of hydrogen-bond donors (Lipinski definition) is 2. The fourth-order valence-corrected chi connectivity index (χ4v) is 0.781. The Hall–Kier alpha value is -0.870. The first-order valence-corrected chi connectivity index (χ1v) is 4.73. The van der Waals surface area contributed by atoms with Crippen molar-refractivity contribution in [1.82, 2.24) is 5.32 Å². The monoisotopic (exact) mass is 201 g/mol. The van der Waals surface area contributed by atoms with Gasteiger partial charge in [-0.25, -0.2) is 0 Å². The van der Waals surface area contributed by atoms with Gasteiger partial charge in [0.15, 0.2) is 0 Å². The molecule has 4 nitrogen and oxygen atoms in total. The SMILES string of the molecule is C=C(C)C(=O)NCCCOCC(C)O. The van der Waals surface area contributed by atoms with Crippen LogP contribution < -0.4 is 5.32 Å². The van der Waals surface area contributed by atoms with Crippen LogP contribution in [-0.2, 0) is 9.53 Å². The highest BCUT2D eigenvalue weighted by Gasteiger charge is 1.99. The molecule has 0 aromatic carbocycles. The molecule has 14 heavy (non-hydrogen) atoms. The molecule has 2 N–H and O–H groups in total. The molecule has 0 aliphatic rings. The summed E-state index contributed by atoms with van der Waals surface area (Å²) in [5.41, 5.74) is 0.509. The van der Waals surface area contributed by atoms with E-state index in [-0.39, 0.29) is 5.91 Å². The third-order valence-corrected chi connectivity index (χ3v) is 1.50.